The molecule has 0 unspecified atom stereocenters. The predicted octanol–water partition coefficient (Wildman–Crippen LogP) is 3.68. The first-order valence-electron chi connectivity index (χ1n) is 4.27. The van der Waals surface area contributed by atoms with Gasteiger partial charge in [0.25, 0.3) is 0 Å². The van der Waals surface area contributed by atoms with E-state index in [4.69, 9.17) is 11.6 Å². The Morgan fingerprint density at radius 1 is 1.25 bits per heavy atom. The molecule has 1 fully saturated rings. The second-order valence-corrected chi connectivity index (χ2v) is 3.42. The lowest BCUT2D eigenvalue weighted by molar-refractivity contribution is 1.15. The largest absolute Gasteiger partial charge is 0.0926 e. The van der Waals surface area contributed by atoms with Crippen LogP contribution in [0.3, 0.4) is 0 Å². The van der Waals surface area contributed by atoms with E-state index in [-0.39, 0.29) is 0 Å². The summed E-state index contributed by atoms with van der Waals surface area (Å²) in [5, 5.41) is 0. The maximum absolute atomic E-state index is 5.78. The zero-order valence-electron chi connectivity index (χ0n) is 6.83. The van der Waals surface area contributed by atoms with Gasteiger partial charge in [-0.25, -0.2) is 0 Å². The molecular weight excluding hydrogens is 168 g/mol. The highest BCUT2D eigenvalue weighted by atomic mass is 35.5. The molecule has 2 rings (SSSR count). The molecule has 12 heavy (non-hydrogen) atoms. The molecule has 1 heteroatoms. The molecule has 0 atom stereocenters. The van der Waals surface area contributed by atoms with Crippen LogP contribution >= 0.6 is 11.6 Å². The number of hydrogen-bond acceptors (Lipinski definition) is 0. The lowest BCUT2D eigenvalue weighted by atomic mass is 10.0. The van der Waals surface area contributed by atoms with E-state index >= 15 is 0 Å². The van der Waals surface area contributed by atoms with Crippen LogP contribution in [0, 0.1) is 5.92 Å². The van der Waals surface area contributed by atoms with Crippen LogP contribution in [0.2, 0.25) is 0 Å². The van der Waals surface area contributed by atoms with E-state index in [2.05, 4.69) is 24.3 Å². The van der Waals surface area contributed by atoms with E-state index < -0.39 is 0 Å². The molecule has 0 amide bonds. The molecule has 0 bridgehead atoms. The van der Waals surface area contributed by atoms with Crippen LogP contribution in [0.15, 0.2) is 35.9 Å². The Hall–Kier alpha value is -0.750. The van der Waals surface area contributed by atoms with E-state index in [0.717, 1.165) is 5.92 Å². The summed E-state index contributed by atoms with van der Waals surface area (Å²) in [6.07, 6.45) is 2.60. The molecule has 0 radical (unpaired) electrons. The van der Waals surface area contributed by atoms with E-state index in [9.17, 15) is 0 Å². The summed E-state index contributed by atoms with van der Waals surface area (Å²) in [5.74, 6) is 0.727. The van der Waals surface area contributed by atoms with Gasteiger partial charge in [0.05, 0.1) is 0 Å². The van der Waals surface area contributed by atoms with Crippen LogP contribution in [0.1, 0.15) is 18.4 Å². The number of allylic oxidation sites excluding steroid dienone is 1. The van der Waals surface area contributed by atoms with Crippen molar-refractivity contribution in [1.82, 2.24) is 0 Å². The van der Waals surface area contributed by atoms with Gasteiger partial charge in [-0.1, -0.05) is 41.9 Å². The lowest BCUT2D eigenvalue weighted by Gasteiger charge is -2.02. The van der Waals surface area contributed by atoms with Gasteiger partial charge in [0.15, 0.2) is 0 Å². The molecular formula is C11H11Cl. The van der Waals surface area contributed by atoms with Gasteiger partial charge >= 0.3 is 0 Å². The van der Waals surface area contributed by atoms with Gasteiger partial charge in [-0.3, -0.25) is 0 Å². The summed E-state index contributed by atoms with van der Waals surface area (Å²) in [6, 6.07) is 10.4. The first-order chi connectivity index (χ1) is 5.92. The Balaban J connectivity index is 2.28. The van der Waals surface area contributed by atoms with Crippen LogP contribution in [-0.2, 0) is 0 Å². The van der Waals surface area contributed by atoms with Crippen molar-refractivity contribution in [2.24, 2.45) is 5.92 Å². The quantitative estimate of drug-likeness (QED) is 0.648. The normalized spacial score (nSPS) is 17.9. The van der Waals surface area contributed by atoms with E-state index in [1.54, 1.807) is 5.54 Å². The molecule has 0 N–H and O–H groups in total. The topological polar surface area (TPSA) is 0 Å². The highest BCUT2D eigenvalue weighted by molar-refractivity contribution is 6.28. The van der Waals surface area contributed by atoms with Crippen molar-refractivity contribution in [3.8, 4) is 0 Å². The van der Waals surface area contributed by atoms with Crippen LogP contribution in [-0.4, -0.2) is 0 Å². The smallest absolute Gasteiger partial charge is 0.00833 e. The van der Waals surface area contributed by atoms with Crippen LogP contribution in [0.25, 0.3) is 5.57 Å². The van der Waals surface area contributed by atoms with Crippen LogP contribution in [0.4, 0.5) is 0 Å². The van der Waals surface area contributed by atoms with Gasteiger partial charge < -0.3 is 0 Å². The third kappa shape index (κ3) is 1.54. The second kappa shape index (κ2) is 3.32. The summed E-state index contributed by atoms with van der Waals surface area (Å²) < 4.78 is 0. The highest BCUT2D eigenvalue weighted by Gasteiger charge is 2.26. The van der Waals surface area contributed by atoms with Crippen molar-refractivity contribution in [1.29, 1.82) is 0 Å². The van der Waals surface area contributed by atoms with Crippen LogP contribution < -0.4 is 0 Å². The molecule has 1 aromatic carbocycles. The highest BCUT2D eigenvalue weighted by Crippen LogP contribution is 2.41. The van der Waals surface area contributed by atoms with Crippen molar-refractivity contribution in [3.05, 3.63) is 41.4 Å². The standard InChI is InChI=1S/C11H11Cl/c12-8-11(10-6-7-10)9-4-2-1-3-5-9/h1-5,8,10H,6-7H2. The van der Waals surface area contributed by atoms with E-state index in [0.29, 0.717) is 0 Å². The molecule has 0 saturated heterocycles. The summed E-state index contributed by atoms with van der Waals surface area (Å²) in [4.78, 5) is 0. The van der Waals surface area contributed by atoms with E-state index in [1.165, 1.54) is 24.0 Å². The predicted molar refractivity (Wildman–Crippen MR) is 53.0 cm³/mol. The molecule has 1 saturated carbocycles. The zero-order chi connectivity index (χ0) is 8.39. The Morgan fingerprint density at radius 2 is 1.92 bits per heavy atom. The van der Waals surface area contributed by atoms with Crippen molar-refractivity contribution >= 4 is 17.2 Å². The zero-order valence-corrected chi connectivity index (χ0v) is 7.59. The van der Waals surface area contributed by atoms with Crippen molar-refractivity contribution < 1.29 is 0 Å². The fraction of sp³-hybridized carbons (Fsp3) is 0.273. The number of halogens is 1. The monoisotopic (exact) mass is 178 g/mol. The lowest BCUT2D eigenvalue weighted by Crippen LogP contribution is -1.83. The molecule has 1 aliphatic carbocycles. The van der Waals surface area contributed by atoms with Gasteiger partial charge in [-0.2, -0.15) is 0 Å². The first kappa shape index (κ1) is 7.88. The first-order valence-corrected chi connectivity index (χ1v) is 4.71. The number of benzene rings is 1. The molecule has 0 spiro atoms. The Morgan fingerprint density at radius 3 is 2.42 bits per heavy atom. The third-order valence-corrected chi connectivity index (χ3v) is 2.48. The second-order valence-electron chi connectivity index (χ2n) is 3.20. The maximum atomic E-state index is 5.78. The Labute approximate surface area is 77.9 Å². The molecule has 0 aliphatic heterocycles. The summed E-state index contributed by atoms with van der Waals surface area (Å²) >= 11 is 5.78. The molecule has 62 valence electrons. The average molecular weight is 179 g/mol. The maximum Gasteiger partial charge on any atom is 0.00833 e. The van der Waals surface area contributed by atoms with Crippen molar-refractivity contribution in [2.45, 2.75) is 12.8 Å². The summed E-state index contributed by atoms with van der Waals surface area (Å²) in [6.45, 7) is 0. The minimum Gasteiger partial charge on any atom is -0.0926 e. The minimum atomic E-state index is 0.727. The summed E-state index contributed by atoms with van der Waals surface area (Å²) in [7, 11) is 0. The average Bonchev–Trinajstić information content (AvgIpc) is 2.92. The van der Waals surface area contributed by atoms with Crippen molar-refractivity contribution in [3.63, 3.8) is 0 Å². The number of hydrogen-bond donors (Lipinski definition) is 0. The number of rotatable bonds is 2. The van der Waals surface area contributed by atoms with Gasteiger partial charge in [0.2, 0.25) is 0 Å². The van der Waals surface area contributed by atoms with E-state index in [1.807, 2.05) is 6.07 Å². The van der Waals surface area contributed by atoms with Crippen LogP contribution in [0.5, 0.6) is 0 Å². The Kier molecular flexibility index (Phi) is 2.18. The third-order valence-electron chi connectivity index (χ3n) is 2.24. The fourth-order valence-electron chi connectivity index (χ4n) is 1.41. The van der Waals surface area contributed by atoms with Crippen molar-refractivity contribution in [2.75, 3.05) is 0 Å². The Bertz CT molecular complexity index is 283. The summed E-state index contributed by atoms with van der Waals surface area (Å²) in [5.41, 5.74) is 4.31. The fourth-order valence-corrected chi connectivity index (χ4v) is 1.72. The minimum absolute atomic E-state index is 0.727. The van der Waals surface area contributed by atoms with Gasteiger partial charge in [0, 0.05) is 5.54 Å². The van der Waals surface area contributed by atoms with Gasteiger partial charge in [-0.15, -0.1) is 0 Å². The SMILES string of the molecule is ClC=C(c1ccccc1)C1CC1. The molecule has 1 aromatic rings. The molecule has 0 heterocycles. The molecule has 0 nitrogen and oxygen atoms in total. The molecule has 1 aliphatic rings. The van der Waals surface area contributed by atoms with Gasteiger partial charge in [0.1, 0.15) is 0 Å². The van der Waals surface area contributed by atoms with Gasteiger partial charge in [-0.05, 0) is 29.9 Å². The molecule has 0 aromatic heterocycles.